The fourth-order valence-corrected chi connectivity index (χ4v) is 0.974. The zero-order valence-electron chi connectivity index (χ0n) is 8.24. The molecule has 1 aromatic heterocycles. The summed E-state index contributed by atoms with van der Waals surface area (Å²) in [6.07, 6.45) is 0. The van der Waals surface area contributed by atoms with Crippen molar-refractivity contribution in [1.29, 1.82) is 0 Å². The number of nitrogens with zero attached hydrogens (tertiary/aromatic N) is 9. The highest BCUT2D eigenvalue weighted by molar-refractivity contribution is 5.65. The van der Waals surface area contributed by atoms with Crippen LogP contribution in [-0.4, -0.2) is 14.8 Å². The van der Waals surface area contributed by atoms with Crippen molar-refractivity contribution < 1.29 is 9.85 Å². The second kappa shape index (κ2) is 5.07. The van der Waals surface area contributed by atoms with Gasteiger partial charge in [-0.3, -0.25) is 20.2 Å². The normalized spacial score (nSPS) is 8.89. The van der Waals surface area contributed by atoms with Crippen LogP contribution in [0.1, 0.15) is 0 Å². The first-order valence-corrected chi connectivity index (χ1v) is 3.95. The summed E-state index contributed by atoms with van der Waals surface area (Å²) < 4.78 is 0. The molecule has 0 radical (unpaired) electrons. The van der Waals surface area contributed by atoms with E-state index in [1.807, 2.05) is 0 Å². The molecule has 0 amide bonds. The summed E-state index contributed by atoms with van der Waals surface area (Å²) in [6.45, 7) is 0. The average Bonchev–Trinajstić information content (AvgIpc) is 2.29. The van der Waals surface area contributed by atoms with E-state index in [1.165, 1.54) is 0 Å². The number of nitro groups is 2. The highest BCUT2D eigenvalue weighted by Crippen LogP contribution is 2.35. The Morgan fingerprint density at radius 3 is 1.72 bits per heavy atom. The highest BCUT2D eigenvalue weighted by atomic mass is 16.6. The van der Waals surface area contributed by atoms with Gasteiger partial charge in [0.2, 0.25) is 11.6 Å². The molecule has 1 aromatic rings. The predicted molar refractivity (Wildman–Crippen MR) is 55.2 cm³/mol. The van der Waals surface area contributed by atoms with Gasteiger partial charge in [0.05, 0.1) is 15.9 Å². The number of hydrogen-bond acceptors (Lipinski definition) is 7. The molecule has 0 aliphatic heterocycles. The molecule has 1 heterocycles. The van der Waals surface area contributed by atoms with Crippen LogP contribution < -0.4 is 0 Å². The van der Waals surface area contributed by atoms with E-state index in [0.717, 1.165) is 0 Å². The third-order valence-corrected chi connectivity index (χ3v) is 1.62. The van der Waals surface area contributed by atoms with Gasteiger partial charge >= 0.3 is 11.4 Å². The van der Waals surface area contributed by atoms with E-state index in [-0.39, 0.29) is 0 Å². The SMILES string of the molecule is [N-]=[N+]=Nc1nc(N=[N+]=[N-])c([N+](=O)[O-])cc1[N+](=O)[O-]. The van der Waals surface area contributed by atoms with Gasteiger partial charge in [0.25, 0.3) is 0 Å². The zero-order chi connectivity index (χ0) is 13.7. The maximum absolute atomic E-state index is 10.6. The number of pyridine rings is 1. The number of aromatic nitrogens is 1. The molecular formula is C5HN9O4. The summed E-state index contributed by atoms with van der Waals surface area (Å²) in [5, 5.41) is 27.0. The topological polar surface area (TPSA) is 197 Å². The standard InChI is InChI=1S/C5HN9O4/c6-11-9-4-2(13(15)16)1-3(14(17)18)5(8-4)10-12-7/h1H. The van der Waals surface area contributed by atoms with Crippen molar-refractivity contribution in [2.24, 2.45) is 10.2 Å². The Kier molecular flexibility index (Phi) is 3.56. The Morgan fingerprint density at radius 2 is 1.44 bits per heavy atom. The predicted octanol–water partition coefficient (Wildman–Crippen LogP) is 2.78. The lowest BCUT2D eigenvalue weighted by Gasteiger charge is -1.98. The van der Waals surface area contributed by atoms with E-state index in [0.29, 0.717) is 6.07 Å². The highest BCUT2D eigenvalue weighted by Gasteiger charge is 2.24. The van der Waals surface area contributed by atoms with E-state index in [2.05, 4.69) is 25.0 Å². The Bertz CT molecular complexity index is 548. The van der Waals surface area contributed by atoms with E-state index < -0.39 is 32.9 Å². The number of azide groups is 2. The van der Waals surface area contributed by atoms with Crippen molar-refractivity contribution in [2.45, 2.75) is 0 Å². The maximum Gasteiger partial charge on any atom is 0.304 e. The molecule has 0 aliphatic carbocycles. The van der Waals surface area contributed by atoms with Crippen LogP contribution >= 0.6 is 0 Å². The Balaban J connectivity index is 3.69. The van der Waals surface area contributed by atoms with Crippen LogP contribution in [0.2, 0.25) is 0 Å². The van der Waals surface area contributed by atoms with Gasteiger partial charge < -0.3 is 0 Å². The van der Waals surface area contributed by atoms with Crippen molar-refractivity contribution >= 4 is 23.0 Å². The molecule has 0 aromatic carbocycles. The lowest BCUT2D eigenvalue weighted by molar-refractivity contribution is -0.393. The van der Waals surface area contributed by atoms with Gasteiger partial charge in [-0.05, 0) is 21.3 Å². The minimum Gasteiger partial charge on any atom is -0.258 e. The molecule has 13 heteroatoms. The minimum atomic E-state index is -1.01. The van der Waals surface area contributed by atoms with Crippen LogP contribution in [-0.2, 0) is 0 Å². The van der Waals surface area contributed by atoms with Crippen molar-refractivity contribution in [2.75, 3.05) is 0 Å². The molecule has 0 spiro atoms. The molecule has 0 N–H and O–H groups in total. The van der Waals surface area contributed by atoms with Crippen LogP contribution in [0.15, 0.2) is 16.3 Å². The molecule has 0 atom stereocenters. The van der Waals surface area contributed by atoms with Gasteiger partial charge in [0, 0.05) is 9.82 Å². The summed E-state index contributed by atoms with van der Waals surface area (Å²) >= 11 is 0. The van der Waals surface area contributed by atoms with Gasteiger partial charge in [0.1, 0.15) is 0 Å². The van der Waals surface area contributed by atoms with Crippen LogP contribution in [0.3, 0.4) is 0 Å². The van der Waals surface area contributed by atoms with E-state index in [1.54, 1.807) is 0 Å². The van der Waals surface area contributed by atoms with Crippen molar-refractivity contribution in [3.05, 3.63) is 47.2 Å². The molecule has 0 fully saturated rings. The quantitative estimate of drug-likeness (QED) is 0.260. The molecular weight excluding hydrogens is 250 g/mol. The summed E-state index contributed by atoms with van der Waals surface area (Å²) in [7, 11) is 0. The molecule has 0 saturated carbocycles. The first-order valence-electron chi connectivity index (χ1n) is 3.95. The molecule has 13 nitrogen and oxygen atoms in total. The lowest BCUT2D eigenvalue weighted by atomic mass is 10.3. The Morgan fingerprint density at radius 1 is 1.06 bits per heavy atom. The molecule has 0 bridgehead atoms. The van der Waals surface area contributed by atoms with Crippen LogP contribution in [0.5, 0.6) is 0 Å². The van der Waals surface area contributed by atoms with Crippen molar-refractivity contribution in [1.82, 2.24) is 4.98 Å². The number of rotatable bonds is 4. The van der Waals surface area contributed by atoms with Crippen molar-refractivity contribution in [3.63, 3.8) is 0 Å². The van der Waals surface area contributed by atoms with Gasteiger partial charge in [-0.2, -0.15) is 0 Å². The fraction of sp³-hybridized carbons (Fsp3) is 0. The molecule has 0 saturated heterocycles. The monoisotopic (exact) mass is 251 g/mol. The fourth-order valence-electron chi connectivity index (χ4n) is 0.974. The third kappa shape index (κ3) is 2.38. The second-order valence-electron chi connectivity index (χ2n) is 2.57. The van der Waals surface area contributed by atoms with E-state index in [4.69, 9.17) is 11.1 Å². The largest absolute Gasteiger partial charge is 0.304 e. The average molecular weight is 251 g/mol. The van der Waals surface area contributed by atoms with Crippen LogP contribution in [0, 0.1) is 20.2 Å². The smallest absolute Gasteiger partial charge is 0.258 e. The molecule has 0 unspecified atom stereocenters. The first-order chi connectivity index (χ1) is 8.51. The molecule has 0 aliphatic rings. The van der Waals surface area contributed by atoms with Gasteiger partial charge in [-0.15, -0.1) is 0 Å². The van der Waals surface area contributed by atoms with E-state index in [9.17, 15) is 20.2 Å². The van der Waals surface area contributed by atoms with Crippen LogP contribution in [0.25, 0.3) is 20.9 Å². The molecule has 1 rings (SSSR count). The molecule has 90 valence electrons. The van der Waals surface area contributed by atoms with Crippen molar-refractivity contribution in [3.8, 4) is 0 Å². The number of hydrogen-bond donors (Lipinski definition) is 0. The van der Waals surface area contributed by atoms with Gasteiger partial charge in [0.15, 0.2) is 0 Å². The van der Waals surface area contributed by atoms with Gasteiger partial charge in [-0.25, -0.2) is 4.98 Å². The first kappa shape index (κ1) is 12.6. The lowest BCUT2D eigenvalue weighted by Crippen LogP contribution is -1.95. The summed E-state index contributed by atoms with van der Waals surface area (Å²) in [5.41, 5.74) is 14.6. The molecule has 18 heavy (non-hydrogen) atoms. The van der Waals surface area contributed by atoms with E-state index >= 15 is 0 Å². The summed E-state index contributed by atoms with van der Waals surface area (Å²) in [4.78, 5) is 27.0. The maximum atomic E-state index is 10.6. The Hall–Kier alpha value is -3.43. The zero-order valence-corrected chi connectivity index (χ0v) is 8.24. The summed E-state index contributed by atoms with van der Waals surface area (Å²) in [6, 6.07) is 0.501. The van der Waals surface area contributed by atoms with Crippen LogP contribution in [0.4, 0.5) is 23.0 Å². The van der Waals surface area contributed by atoms with Gasteiger partial charge in [-0.1, -0.05) is 0 Å². The Labute approximate surface area is 96.2 Å². The summed E-state index contributed by atoms with van der Waals surface area (Å²) in [5.74, 6) is -1.45. The third-order valence-electron chi connectivity index (χ3n) is 1.62. The minimum absolute atomic E-state index is 0.501. The second-order valence-corrected chi connectivity index (χ2v) is 2.57.